The van der Waals surface area contributed by atoms with Gasteiger partial charge in [-0.25, -0.2) is 0 Å². The molecule has 14 N–H and O–H groups in total. The van der Waals surface area contributed by atoms with Gasteiger partial charge in [-0.05, 0) is 19.8 Å². The summed E-state index contributed by atoms with van der Waals surface area (Å²) in [5.74, 6) is -8.10. The molecule has 1 fully saturated rings. The zero-order chi connectivity index (χ0) is 36.6. The third kappa shape index (κ3) is 13.1. The number of hydrogen-bond donors (Lipinski definition) is 12. The zero-order valence-electron chi connectivity index (χ0n) is 26.1. The second kappa shape index (κ2) is 20.3. The van der Waals surface area contributed by atoms with Crippen LogP contribution in [0, 0.1) is 0 Å². The normalized spacial score (nSPS) is 17.0. The van der Waals surface area contributed by atoms with E-state index in [4.69, 9.17) is 16.6 Å². The van der Waals surface area contributed by atoms with Crippen molar-refractivity contribution in [1.29, 1.82) is 0 Å². The maximum atomic E-state index is 13.0. The van der Waals surface area contributed by atoms with Gasteiger partial charge in [0.15, 0.2) is 0 Å². The van der Waals surface area contributed by atoms with Crippen molar-refractivity contribution in [1.82, 2.24) is 36.8 Å². The monoisotopic (exact) mass is 689 g/mol. The number of likely N-dealkylation sites (tertiary alicyclic amines) is 1. The lowest BCUT2D eigenvalue weighted by atomic mass is 10.1. The van der Waals surface area contributed by atoms with Crippen LogP contribution in [0.15, 0.2) is 0 Å². The van der Waals surface area contributed by atoms with E-state index in [1.54, 1.807) is 0 Å². The van der Waals surface area contributed by atoms with E-state index < -0.39 is 122 Å². The average molecular weight is 690 g/mol. The van der Waals surface area contributed by atoms with Gasteiger partial charge in [0.1, 0.15) is 36.3 Å². The molecule has 0 bridgehead atoms. The van der Waals surface area contributed by atoms with E-state index in [-0.39, 0.29) is 25.8 Å². The third-order valence-corrected chi connectivity index (χ3v) is 6.95. The second-order valence-corrected chi connectivity index (χ2v) is 10.6. The standard InChI is InChI=1S/C26H43N9O13/c1-12(30-19(41)5-4-18(27)40)22(44)29-7-20(42)35-6-2-3-17(35)26(48)34-16(11-39)25(47)33-15(10-38)24(46)32-14(9-37)23(45)31-13(8-36)21(28)43/h12-17,36-39H,2-11H2,1H3,(H2,27,40)(H2,28,43)(H,29,44)(H,30,41)(H,31,45)(H,32,46)(H,33,47)(H,34,48)/t12-,13-,14-,15-,16-,17+/m1/s1. The minimum Gasteiger partial charge on any atom is -0.394 e. The van der Waals surface area contributed by atoms with Crippen LogP contribution in [0.4, 0.5) is 0 Å². The number of primary amides is 2. The SMILES string of the molecule is C[C@@H](NC(=O)CCC(N)=O)C(=O)NCC(=O)N1CCC[C@H]1C(=O)N[C@H](CO)C(=O)N[C@H](CO)C(=O)N[C@H](CO)C(=O)N[C@H](CO)C(N)=O. The molecule has 0 unspecified atom stereocenters. The molecule has 1 aliphatic rings. The molecule has 270 valence electrons. The van der Waals surface area contributed by atoms with E-state index in [1.807, 2.05) is 10.6 Å². The molecule has 1 saturated heterocycles. The molecule has 6 atom stereocenters. The Bertz CT molecular complexity index is 1220. The largest absolute Gasteiger partial charge is 0.394 e. The van der Waals surface area contributed by atoms with E-state index in [1.165, 1.54) is 6.92 Å². The highest BCUT2D eigenvalue weighted by Crippen LogP contribution is 2.17. The zero-order valence-corrected chi connectivity index (χ0v) is 26.1. The molecule has 0 aromatic rings. The number of nitrogens with zero attached hydrogens (tertiary/aromatic N) is 1. The second-order valence-electron chi connectivity index (χ2n) is 10.6. The van der Waals surface area contributed by atoms with Gasteiger partial charge in [0.05, 0.1) is 33.0 Å². The number of carbonyl (C=O) groups excluding carboxylic acids is 9. The molecule has 0 radical (unpaired) electrons. The van der Waals surface area contributed by atoms with Crippen LogP contribution in [0.25, 0.3) is 0 Å². The van der Waals surface area contributed by atoms with Gasteiger partial charge in [0.25, 0.3) is 0 Å². The topological polar surface area (TPSA) is 362 Å². The molecule has 1 aliphatic heterocycles. The van der Waals surface area contributed by atoms with Gasteiger partial charge in [-0.15, -0.1) is 0 Å². The summed E-state index contributed by atoms with van der Waals surface area (Å²) < 4.78 is 0. The molecule has 0 aliphatic carbocycles. The van der Waals surface area contributed by atoms with Gasteiger partial charge in [0.2, 0.25) is 53.2 Å². The Morgan fingerprint density at radius 2 is 1.17 bits per heavy atom. The number of aliphatic hydroxyl groups excluding tert-OH is 4. The summed E-state index contributed by atoms with van der Waals surface area (Å²) in [5, 5.41) is 51.0. The predicted octanol–water partition coefficient (Wildman–Crippen LogP) is -8.74. The Morgan fingerprint density at radius 1 is 0.688 bits per heavy atom. The molecule has 1 rings (SSSR count). The van der Waals surface area contributed by atoms with Gasteiger partial charge < -0.3 is 68.7 Å². The molecule has 0 aromatic carbocycles. The molecular weight excluding hydrogens is 646 g/mol. The van der Waals surface area contributed by atoms with Crippen molar-refractivity contribution < 1.29 is 63.6 Å². The number of hydrogen-bond acceptors (Lipinski definition) is 13. The summed E-state index contributed by atoms with van der Waals surface area (Å²) in [6, 6.07) is -8.81. The van der Waals surface area contributed by atoms with Crippen LogP contribution < -0.4 is 43.4 Å². The first-order chi connectivity index (χ1) is 22.6. The first-order valence-corrected chi connectivity index (χ1v) is 14.7. The van der Waals surface area contributed by atoms with E-state index in [0.29, 0.717) is 6.42 Å². The summed E-state index contributed by atoms with van der Waals surface area (Å²) in [6.07, 6.45) is 0.0974. The number of nitrogens with one attached hydrogen (secondary N) is 6. The van der Waals surface area contributed by atoms with Gasteiger partial charge in [-0.2, -0.15) is 0 Å². The molecule has 22 nitrogen and oxygen atoms in total. The number of carbonyl (C=O) groups is 9. The fourth-order valence-electron chi connectivity index (χ4n) is 4.25. The predicted molar refractivity (Wildman–Crippen MR) is 159 cm³/mol. The van der Waals surface area contributed by atoms with Crippen molar-refractivity contribution in [2.45, 2.75) is 68.9 Å². The Morgan fingerprint density at radius 3 is 1.62 bits per heavy atom. The fraction of sp³-hybridized carbons (Fsp3) is 0.654. The van der Waals surface area contributed by atoms with Crippen molar-refractivity contribution in [3.63, 3.8) is 0 Å². The Hall–Kier alpha value is -4.93. The van der Waals surface area contributed by atoms with Gasteiger partial charge in [-0.1, -0.05) is 0 Å². The highest BCUT2D eigenvalue weighted by molar-refractivity contribution is 5.97. The maximum Gasteiger partial charge on any atom is 0.245 e. The van der Waals surface area contributed by atoms with Gasteiger partial charge in [-0.3, -0.25) is 43.2 Å². The lowest BCUT2D eigenvalue weighted by molar-refractivity contribution is -0.140. The fourth-order valence-corrected chi connectivity index (χ4v) is 4.25. The number of aliphatic hydroxyl groups is 4. The van der Waals surface area contributed by atoms with E-state index >= 15 is 0 Å². The Kier molecular flexibility index (Phi) is 17.4. The minimum atomic E-state index is -1.75. The molecule has 1 heterocycles. The lowest BCUT2D eigenvalue weighted by Crippen LogP contribution is -2.61. The van der Waals surface area contributed by atoms with Crippen molar-refractivity contribution in [2.24, 2.45) is 11.5 Å². The summed E-state index contributed by atoms with van der Waals surface area (Å²) in [4.78, 5) is 111. The first kappa shape index (κ1) is 41.1. The molecular formula is C26H43N9O13. The molecule has 0 aromatic heterocycles. The molecule has 48 heavy (non-hydrogen) atoms. The minimum absolute atomic E-state index is 0.118. The van der Waals surface area contributed by atoms with Gasteiger partial charge >= 0.3 is 0 Å². The van der Waals surface area contributed by atoms with E-state index in [9.17, 15) is 58.5 Å². The first-order valence-electron chi connectivity index (χ1n) is 14.7. The van der Waals surface area contributed by atoms with Crippen LogP contribution in [0.3, 0.4) is 0 Å². The summed E-state index contributed by atoms with van der Waals surface area (Å²) in [7, 11) is 0. The molecule has 0 saturated carbocycles. The van der Waals surface area contributed by atoms with Crippen LogP contribution in [0.2, 0.25) is 0 Å². The average Bonchev–Trinajstić information content (AvgIpc) is 3.55. The molecule has 0 spiro atoms. The molecule has 9 amide bonds. The van der Waals surface area contributed by atoms with E-state index in [0.717, 1.165) is 4.90 Å². The highest BCUT2D eigenvalue weighted by Gasteiger charge is 2.37. The van der Waals surface area contributed by atoms with Crippen molar-refractivity contribution in [3.05, 3.63) is 0 Å². The quantitative estimate of drug-likeness (QED) is 0.0566. The summed E-state index contributed by atoms with van der Waals surface area (Å²) in [6.45, 7) is -2.96. The van der Waals surface area contributed by atoms with Gasteiger partial charge in [0, 0.05) is 19.4 Å². The molecule has 22 heteroatoms. The van der Waals surface area contributed by atoms with Crippen LogP contribution in [0.1, 0.15) is 32.6 Å². The van der Waals surface area contributed by atoms with Crippen LogP contribution >= 0.6 is 0 Å². The smallest absolute Gasteiger partial charge is 0.245 e. The van der Waals surface area contributed by atoms with Crippen LogP contribution in [0.5, 0.6) is 0 Å². The third-order valence-electron chi connectivity index (χ3n) is 6.95. The Labute approximate surface area is 273 Å². The number of rotatable bonds is 20. The van der Waals surface area contributed by atoms with Crippen molar-refractivity contribution in [2.75, 3.05) is 39.5 Å². The summed E-state index contributed by atoms with van der Waals surface area (Å²) in [5.41, 5.74) is 9.99. The number of nitrogens with two attached hydrogens (primary N) is 2. The summed E-state index contributed by atoms with van der Waals surface area (Å²) >= 11 is 0. The van der Waals surface area contributed by atoms with E-state index in [2.05, 4.69) is 21.3 Å². The van der Waals surface area contributed by atoms with Crippen LogP contribution in [-0.4, -0.2) is 154 Å². The van der Waals surface area contributed by atoms with Crippen molar-refractivity contribution >= 4 is 53.2 Å². The Balaban J connectivity index is 2.75. The van der Waals surface area contributed by atoms with Crippen LogP contribution in [-0.2, 0) is 43.2 Å². The number of amides is 9. The lowest BCUT2D eigenvalue weighted by Gasteiger charge is -2.27. The highest BCUT2D eigenvalue weighted by atomic mass is 16.3. The van der Waals surface area contributed by atoms with Crippen molar-refractivity contribution in [3.8, 4) is 0 Å². The maximum absolute atomic E-state index is 13.0.